The quantitative estimate of drug-likeness (QED) is 0.119. The molecule has 29 heavy (non-hydrogen) atoms. The first-order valence-corrected chi connectivity index (χ1v) is 15.2. The van der Waals surface area contributed by atoms with Crippen LogP contribution in [0.25, 0.3) is 0 Å². The summed E-state index contributed by atoms with van der Waals surface area (Å²) in [6, 6.07) is 0. The van der Waals surface area contributed by atoms with Crippen LogP contribution in [-0.4, -0.2) is 30.6 Å². The van der Waals surface area contributed by atoms with Crippen LogP contribution in [0.3, 0.4) is 0 Å². The summed E-state index contributed by atoms with van der Waals surface area (Å²) in [6.07, 6.45) is 26.7. The number of carbonyl (C=O) groups is 1. The lowest BCUT2D eigenvalue weighted by atomic mass is 10.1. The zero-order chi connectivity index (χ0) is 22.2. The molecule has 0 fully saturated rings. The topological polar surface area (TPSA) is 40.1 Å². The van der Waals surface area contributed by atoms with Crippen molar-refractivity contribution < 1.29 is 9.90 Å². The summed E-state index contributed by atoms with van der Waals surface area (Å²) in [5.41, 5.74) is 0. The van der Waals surface area contributed by atoms with Crippen LogP contribution in [0.15, 0.2) is 12.2 Å². The van der Waals surface area contributed by atoms with Crippen LogP contribution in [0.1, 0.15) is 125 Å². The van der Waals surface area contributed by atoms with Gasteiger partial charge in [0.25, 0.3) is 0 Å². The molecule has 0 saturated heterocycles. The zero-order valence-corrected chi connectivity index (χ0v) is 21.5. The molecular weight excluding hydrogens is 375 g/mol. The fourth-order valence-corrected chi connectivity index (χ4v) is 6.36. The molecule has 0 rings (SSSR count). The van der Waals surface area contributed by atoms with Crippen LogP contribution in [0, 0.1) is 0 Å². The number of rotatable bonds is 19. The van der Waals surface area contributed by atoms with Gasteiger partial charge in [0.05, 0.1) is 24.6 Å². The summed E-state index contributed by atoms with van der Waals surface area (Å²) in [4.78, 5) is 10.2. The number of allylic oxidation sites excluding steroid dienone is 2. The maximum absolute atomic E-state index is 10.2. The van der Waals surface area contributed by atoms with Gasteiger partial charge in [-0.15, -0.1) is 0 Å². The Kier molecular flexibility index (Phi) is 25.4. The van der Waals surface area contributed by atoms with E-state index in [1.54, 1.807) is 0 Å². The van der Waals surface area contributed by atoms with Crippen LogP contribution in [0.4, 0.5) is 0 Å². The molecule has 0 aliphatic carbocycles. The van der Waals surface area contributed by atoms with Crippen LogP contribution < -0.4 is 5.11 Å². The summed E-state index contributed by atoms with van der Waals surface area (Å²) >= 11 is 0. The van der Waals surface area contributed by atoms with Gasteiger partial charge in [-0.1, -0.05) is 70.4 Å². The van der Waals surface area contributed by atoms with E-state index in [2.05, 4.69) is 46.8 Å². The van der Waals surface area contributed by atoms with Crippen LogP contribution >= 0.6 is 7.26 Å². The molecule has 0 radical (unpaired) electrons. The third kappa shape index (κ3) is 22.2. The minimum atomic E-state index is -0.914. The van der Waals surface area contributed by atoms with Crippen molar-refractivity contribution in [3.63, 3.8) is 0 Å². The Labute approximate surface area is 184 Å². The molecule has 0 bridgehead atoms. The predicted molar refractivity (Wildman–Crippen MR) is 134 cm³/mol. The largest absolute Gasteiger partial charge is 0.550 e. The van der Waals surface area contributed by atoms with E-state index in [0.717, 1.165) is 19.3 Å². The van der Waals surface area contributed by atoms with E-state index in [1.165, 1.54) is 88.9 Å². The Morgan fingerprint density at radius 2 is 1.00 bits per heavy atom. The lowest BCUT2D eigenvalue weighted by molar-refractivity contribution is -0.305. The first-order chi connectivity index (χ1) is 14.0. The monoisotopic (exact) mass is 428 g/mol. The maximum atomic E-state index is 10.2. The second-order valence-electron chi connectivity index (χ2n) is 8.31. The molecule has 0 atom stereocenters. The van der Waals surface area contributed by atoms with Gasteiger partial charge in [0.2, 0.25) is 0 Å². The highest BCUT2D eigenvalue weighted by Crippen LogP contribution is 2.57. The molecule has 0 aliphatic rings. The molecule has 0 aromatic rings. The lowest BCUT2D eigenvalue weighted by Gasteiger charge is -2.20. The fraction of sp³-hybridized carbons (Fsp3) is 0.885. The number of carboxylic acids is 1. The van der Waals surface area contributed by atoms with Crippen LogP contribution in [0.2, 0.25) is 0 Å². The molecule has 0 aliphatic heterocycles. The van der Waals surface area contributed by atoms with Gasteiger partial charge in [-0.25, -0.2) is 0 Å². The minimum absolute atomic E-state index is 0.220. The highest BCUT2D eigenvalue weighted by Gasteiger charge is 2.27. The van der Waals surface area contributed by atoms with Gasteiger partial charge in [0.15, 0.2) is 0 Å². The van der Waals surface area contributed by atoms with Crippen molar-refractivity contribution in [3.8, 4) is 0 Å². The smallest absolute Gasteiger partial charge is 0.0565 e. The maximum Gasteiger partial charge on any atom is 0.0565 e. The Morgan fingerprint density at radius 1 is 0.621 bits per heavy atom. The number of carboxylic acid groups (broad SMARTS) is 1. The SMILES string of the molecule is CCCCCCCC/C=C\CCCCCCCC(=O)[O-].CC[P+](CC)(CC)CC. The molecule has 2 nitrogen and oxygen atoms in total. The van der Waals surface area contributed by atoms with Crippen molar-refractivity contribution in [2.24, 2.45) is 0 Å². The summed E-state index contributed by atoms with van der Waals surface area (Å²) in [5.74, 6) is -0.914. The molecule has 3 heteroatoms. The Bertz CT molecular complexity index is 344. The molecule has 0 heterocycles. The van der Waals surface area contributed by atoms with Crippen molar-refractivity contribution in [2.75, 3.05) is 24.6 Å². The van der Waals surface area contributed by atoms with Gasteiger partial charge < -0.3 is 9.90 Å². The van der Waals surface area contributed by atoms with Crippen molar-refractivity contribution in [1.29, 1.82) is 0 Å². The van der Waals surface area contributed by atoms with Gasteiger partial charge >= 0.3 is 0 Å². The molecule has 0 N–H and O–H groups in total. The predicted octanol–water partition coefficient (Wildman–Crippen LogP) is 7.86. The van der Waals surface area contributed by atoms with Crippen molar-refractivity contribution in [1.82, 2.24) is 0 Å². The van der Waals surface area contributed by atoms with E-state index in [1.807, 2.05) is 0 Å². The van der Waals surface area contributed by atoms with E-state index < -0.39 is 13.2 Å². The van der Waals surface area contributed by atoms with Gasteiger partial charge in [-0.2, -0.15) is 0 Å². The number of hydrogen-bond donors (Lipinski definition) is 0. The molecule has 0 amide bonds. The van der Waals surface area contributed by atoms with Crippen LogP contribution in [-0.2, 0) is 4.79 Å². The van der Waals surface area contributed by atoms with E-state index in [0.29, 0.717) is 0 Å². The second kappa shape index (κ2) is 23.9. The van der Waals surface area contributed by atoms with Crippen molar-refractivity contribution in [3.05, 3.63) is 12.2 Å². The third-order valence-electron chi connectivity index (χ3n) is 6.33. The molecular formula is C26H53O2P. The average molecular weight is 429 g/mol. The third-order valence-corrected chi connectivity index (χ3v) is 11.7. The second-order valence-corrected chi connectivity index (χ2v) is 13.5. The summed E-state index contributed by atoms with van der Waals surface area (Å²) < 4.78 is 0. The number of hydrogen-bond acceptors (Lipinski definition) is 2. The minimum Gasteiger partial charge on any atom is -0.550 e. The molecule has 0 aromatic heterocycles. The highest BCUT2D eigenvalue weighted by molar-refractivity contribution is 7.75. The van der Waals surface area contributed by atoms with Crippen molar-refractivity contribution >= 4 is 13.2 Å². The summed E-state index contributed by atoms with van der Waals surface area (Å²) in [5, 5.41) is 10.2. The standard InChI is InChI=1S/C18H34O2.C8H20P/c1-2-3-4-5-6-7-8-9-10-11-12-13-14-15-16-17-18(19)20;1-5-9(6-2,7-3)8-4/h9-10H,2-8,11-17H2,1H3,(H,19,20);5-8H2,1-4H3/q;+1/p-1/b10-9-;. The number of unbranched alkanes of at least 4 members (excludes halogenated alkanes) is 11. The summed E-state index contributed by atoms with van der Waals surface area (Å²) in [7, 11) is -0.420. The molecule has 0 spiro atoms. The van der Waals surface area contributed by atoms with Gasteiger partial charge in [-0.3, -0.25) is 0 Å². The van der Waals surface area contributed by atoms with Crippen molar-refractivity contribution in [2.45, 2.75) is 125 Å². The van der Waals surface area contributed by atoms with E-state index >= 15 is 0 Å². The fourth-order valence-electron chi connectivity index (χ4n) is 3.68. The normalized spacial score (nSPS) is 11.5. The Hall–Kier alpha value is -0.360. The molecule has 0 saturated carbocycles. The zero-order valence-electron chi connectivity index (χ0n) is 20.6. The molecule has 0 aromatic carbocycles. The first-order valence-electron chi connectivity index (χ1n) is 12.7. The van der Waals surface area contributed by atoms with Gasteiger partial charge in [0.1, 0.15) is 0 Å². The van der Waals surface area contributed by atoms with E-state index in [-0.39, 0.29) is 6.42 Å². The number of carbonyl (C=O) groups excluding carboxylic acids is 1. The lowest BCUT2D eigenvalue weighted by Crippen LogP contribution is -2.21. The first kappa shape index (κ1) is 30.8. The van der Waals surface area contributed by atoms with Gasteiger partial charge in [0, 0.05) is 13.2 Å². The summed E-state index contributed by atoms with van der Waals surface area (Å²) in [6.45, 7) is 11.7. The Morgan fingerprint density at radius 3 is 1.34 bits per heavy atom. The average Bonchev–Trinajstić information content (AvgIpc) is 2.73. The Balaban J connectivity index is 0. The van der Waals surface area contributed by atoms with Crippen LogP contribution in [0.5, 0.6) is 0 Å². The molecule has 174 valence electrons. The van der Waals surface area contributed by atoms with Gasteiger partial charge in [-0.05, 0) is 66.2 Å². The highest BCUT2D eigenvalue weighted by atomic mass is 31.2. The van der Waals surface area contributed by atoms with E-state index in [4.69, 9.17) is 0 Å². The number of aliphatic carboxylic acids is 1. The van der Waals surface area contributed by atoms with E-state index in [9.17, 15) is 9.90 Å². The molecule has 0 unspecified atom stereocenters.